The Morgan fingerprint density at radius 2 is 2.00 bits per heavy atom. The number of ketones is 1. The summed E-state index contributed by atoms with van der Waals surface area (Å²) in [4.78, 5) is 17.1. The van der Waals surface area contributed by atoms with Gasteiger partial charge in [0.25, 0.3) is 0 Å². The second-order valence-electron chi connectivity index (χ2n) is 5.70. The highest BCUT2D eigenvalue weighted by molar-refractivity contribution is 6.00. The van der Waals surface area contributed by atoms with Gasteiger partial charge in [0.05, 0.1) is 19.2 Å². The van der Waals surface area contributed by atoms with Crippen molar-refractivity contribution < 1.29 is 9.53 Å². The number of hydrogen-bond donors (Lipinski definition) is 0. The minimum atomic E-state index is 0.132. The fourth-order valence-corrected chi connectivity index (χ4v) is 2.99. The molecule has 0 amide bonds. The number of likely N-dealkylation sites (N-methyl/N-ethyl adjacent to an activating group) is 1. The van der Waals surface area contributed by atoms with Crippen molar-refractivity contribution in [3.63, 3.8) is 0 Å². The van der Waals surface area contributed by atoms with Crippen molar-refractivity contribution in [1.29, 1.82) is 0 Å². The molecular weight excluding hydrogens is 264 g/mol. The topological polar surface area (TPSA) is 32.8 Å². The second kappa shape index (κ2) is 7.57. The van der Waals surface area contributed by atoms with Crippen LogP contribution < -0.4 is 4.74 Å². The Balaban J connectivity index is 1.93. The Morgan fingerprint density at radius 3 is 2.62 bits per heavy atom. The molecule has 1 aromatic carbocycles. The zero-order chi connectivity index (χ0) is 15.2. The molecule has 21 heavy (non-hydrogen) atoms. The monoisotopic (exact) mass is 290 g/mol. The third kappa shape index (κ3) is 4.05. The first-order valence-corrected chi connectivity index (χ1v) is 7.74. The van der Waals surface area contributed by atoms with Gasteiger partial charge >= 0.3 is 0 Å². The fourth-order valence-electron chi connectivity index (χ4n) is 2.99. The van der Waals surface area contributed by atoms with Crippen molar-refractivity contribution in [3.8, 4) is 5.75 Å². The minimum absolute atomic E-state index is 0.132. The average Bonchev–Trinajstić information content (AvgIpc) is 2.54. The van der Waals surface area contributed by atoms with E-state index in [1.807, 2.05) is 24.3 Å². The number of para-hydroxylation sites is 1. The first-order valence-electron chi connectivity index (χ1n) is 7.74. The molecule has 1 aliphatic rings. The molecule has 1 saturated heterocycles. The fraction of sp³-hybridized carbons (Fsp3) is 0.588. The Morgan fingerprint density at radius 1 is 1.33 bits per heavy atom. The van der Waals surface area contributed by atoms with E-state index < -0.39 is 0 Å². The van der Waals surface area contributed by atoms with E-state index in [1.165, 1.54) is 0 Å². The molecule has 1 heterocycles. The van der Waals surface area contributed by atoms with Crippen molar-refractivity contribution in [2.24, 2.45) is 0 Å². The van der Waals surface area contributed by atoms with Crippen LogP contribution in [0.3, 0.4) is 0 Å². The number of hydrogen-bond acceptors (Lipinski definition) is 4. The van der Waals surface area contributed by atoms with E-state index in [2.05, 4.69) is 23.8 Å². The highest BCUT2D eigenvalue weighted by Gasteiger charge is 2.23. The number of benzene rings is 1. The maximum atomic E-state index is 12.5. The van der Waals surface area contributed by atoms with Crippen molar-refractivity contribution in [3.05, 3.63) is 29.8 Å². The van der Waals surface area contributed by atoms with Crippen LogP contribution in [-0.2, 0) is 0 Å². The smallest absolute Gasteiger partial charge is 0.180 e. The SMILES string of the molecule is CCN1CCC(N(C)CC(=O)c2ccccc2OC)CC1. The third-order valence-electron chi connectivity index (χ3n) is 4.43. The van der Waals surface area contributed by atoms with Crippen molar-refractivity contribution in [1.82, 2.24) is 9.80 Å². The number of ether oxygens (including phenoxy) is 1. The zero-order valence-electron chi connectivity index (χ0n) is 13.3. The molecule has 4 nitrogen and oxygen atoms in total. The number of carbonyl (C=O) groups is 1. The van der Waals surface area contributed by atoms with Crippen LogP contribution in [0.25, 0.3) is 0 Å². The predicted molar refractivity (Wildman–Crippen MR) is 85.1 cm³/mol. The summed E-state index contributed by atoms with van der Waals surface area (Å²) in [5.74, 6) is 0.796. The van der Waals surface area contributed by atoms with Gasteiger partial charge in [-0.15, -0.1) is 0 Å². The van der Waals surface area contributed by atoms with Crippen LogP contribution in [0, 0.1) is 0 Å². The molecule has 0 N–H and O–H groups in total. The summed E-state index contributed by atoms with van der Waals surface area (Å²) in [6, 6.07) is 7.96. The van der Waals surface area contributed by atoms with E-state index in [9.17, 15) is 4.79 Å². The molecule has 0 aromatic heterocycles. The van der Waals surface area contributed by atoms with Gasteiger partial charge < -0.3 is 9.64 Å². The number of nitrogens with zero attached hydrogens (tertiary/aromatic N) is 2. The molecule has 116 valence electrons. The van der Waals surface area contributed by atoms with Crippen LogP contribution in [-0.4, -0.2) is 62.0 Å². The lowest BCUT2D eigenvalue weighted by molar-refractivity contribution is 0.0856. The first-order chi connectivity index (χ1) is 10.2. The first kappa shape index (κ1) is 16.0. The third-order valence-corrected chi connectivity index (χ3v) is 4.43. The molecule has 0 spiro atoms. The number of carbonyl (C=O) groups excluding carboxylic acids is 1. The van der Waals surface area contributed by atoms with Crippen LogP contribution in [0.4, 0.5) is 0 Å². The number of likely N-dealkylation sites (tertiary alicyclic amines) is 1. The van der Waals surface area contributed by atoms with E-state index in [-0.39, 0.29) is 5.78 Å². The lowest BCUT2D eigenvalue weighted by atomic mass is 10.0. The van der Waals surface area contributed by atoms with Crippen molar-refractivity contribution in [2.45, 2.75) is 25.8 Å². The van der Waals surface area contributed by atoms with Gasteiger partial charge in [0.2, 0.25) is 0 Å². The molecule has 1 aliphatic heterocycles. The maximum absolute atomic E-state index is 12.5. The van der Waals surface area contributed by atoms with E-state index >= 15 is 0 Å². The Labute approximate surface area is 127 Å². The number of methoxy groups -OCH3 is 1. The van der Waals surface area contributed by atoms with E-state index in [0.717, 1.165) is 32.5 Å². The summed E-state index contributed by atoms with van der Waals surface area (Å²) in [5, 5.41) is 0. The summed E-state index contributed by atoms with van der Waals surface area (Å²) >= 11 is 0. The Hall–Kier alpha value is -1.39. The summed E-state index contributed by atoms with van der Waals surface area (Å²) in [5.41, 5.74) is 0.679. The highest BCUT2D eigenvalue weighted by Crippen LogP contribution is 2.20. The van der Waals surface area contributed by atoms with Crippen LogP contribution in [0.5, 0.6) is 5.75 Å². The molecule has 0 bridgehead atoms. The summed E-state index contributed by atoms with van der Waals surface area (Å²) in [6.45, 7) is 6.05. The van der Waals surface area contributed by atoms with Gasteiger partial charge in [0.1, 0.15) is 5.75 Å². The largest absolute Gasteiger partial charge is 0.496 e. The van der Waals surface area contributed by atoms with E-state index in [0.29, 0.717) is 23.9 Å². The molecule has 1 fully saturated rings. The normalized spacial score (nSPS) is 17.1. The maximum Gasteiger partial charge on any atom is 0.180 e. The Kier molecular flexibility index (Phi) is 5.76. The van der Waals surface area contributed by atoms with Crippen molar-refractivity contribution in [2.75, 3.05) is 40.3 Å². The van der Waals surface area contributed by atoms with E-state index in [1.54, 1.807) is 7.11 Å². The minimum Gasteiger partial charge on any atom is -0.496 e. The molecule has 0 aliphatic carbocycles. The average molecular weight is 290 g/mol. The van der Waals surface area contributed by atoms with Crippen LogP contribution in [0.15, 0.2) is 24.3 Å². The summed E-state index contributed by atoms with van der Waals surface area (Å²) in [6.07, 6.45) is 2.28. The quantitative estimate of drug-likeness (QED) is 0.753. The van der Waals surface area contributed by atoms with Gasteiger partial charge in [-0.3, -0.25) is 9.69 Å². The predicted octanol–water partition coefficient (Wildman–Crippen LogP) is 2.29. The van der Waals surface area contributed by atoms with Crippen LogP contribution in [0.2, 0.25) is 0 Å². The molecule has 4 heteroatoms. The van der Waals surface area contributed by atoms with Crippen molar-refractivity contribution >= 4 is 5.78 Å². The molecule has 0 unspecified atom stereocenters. The number of rotatable bonds is 6. The molecule has 0 atom stereocenters. The second-order valence-corrected chi connectivity index (χ2v) is 5.70. The lowest BCUT2D eigenvalue weighted by Gasteiger charge is -2.36. The van der Waals surface area contributed by atoms with Gasteiger partial charge in [0, 0.05) is 6.04 Å². The van der Waals surface area contributed by atoms with Crippen LogP contribution >= 0.6 is 0 Å². The van der Waals surface area contributed by atoms with E-state index in [4.69, 9.17) is 4.74 Å². The molecular formula is C17H26N2O2. The summed E-state index contributed by atoms with van der Waals surface area (Å²) in [7, 11) is 3.66. The highest BCUT2D eigenvalue weighted by atomic mass is 16.5. The zero-order valence-corrected chi connectivity index (χ0v) is 13.3. The molecule has 1 aromatic rings. The molecule has 0 saturated carbocycles. The van der Waals surface area contributed by atoms with Gasteiger partial charge in [0.15, 0.2) is 5.78 Å². The molecule has 0 radical (unpaired) electrons. The standard InChI is InChI=1S/C17H26N2O2/c1-4-19-11-9-14(10-12-19)18(2)13-16(20)15-7-5-6-8-17(15)21-3/h5-8,14H,4,9-13H2,1-3H3. The lowest BCUT2D eigenvalue weighted by Crippen LogP contribution is -2.44. The Bertz CT molecular complexity index is 468. The van der Waals surface area contributed by atoms with Gasteiger partial charge in [-0.05, 0) is 51.7 Å². The number of Topliss-reactive ketones (excluding diaryl/α,β-unsaturated/α-hetero) is 1. The van der Waals surface area contributed by atoms with Crippen LogP contribution in [0.1, 0.15) is 30.1 Å². The van der Waals surface area contributed by atoms with Gasteiger partial charge in [-0.2, -0.15) is 0 Å². The van der Waals surface area contributed by atoms with Gasteiger partial charge in [-0.25, -0.2) is 0 Å². The molecule has 2 rings (SSSR count). The van der Waals surface area contributed by atoms with Gasteiger partial charge in [-0.1, -0.05) is 19.1 Å². The number of piperidine rings is 1. The summed E-state index contributed by atoms with van der Waals surface area (Å²) < 4.78 is 5.28.